The molecule has 1 atom stereocenters. The molecular weight excluding hydrogens is 250 g/mol. The van der Waals surface area contributed by atoms with Gasteiger partial charge in [-0.15, -0.1) is 24.2 Å². The fraction of sp³-hybridized carbons (Fsp3) is 0.625. The van der Waals surface area contributed by atoms with Gasteiger partial charge in [0.25, 0.3) is 0 Å². The van der Waals surface area contributed by atoms with E-state index in [2.05, 4.69) is 20.7 Å². The van der Waals surface area contributed by atoms with Crippen molar-refractivity contribution in [2.75, 3.05) is 18.2 Å². The Morgan fingerprint density at radius 2 is 2.56 bits per heavy atom. The molecule has 1 unspecified atom stereocenters. The molecule has 1 amide bonds. The monoisotopic (exact) mass is 263 g/mol. The van der Waals surface area contributed by atoms with E-state index in [9.17, 15) is 4.79 Å². The molecular formula is C8H14ClN5OS. The van der Waals surface area contributed by atoms with Crippen LogP contribution in [0.3, 0.4) is 0 Å². The quantitative estimate of drug-likeness (QED) is 0.765. The van der Waals surface area contributed by atoms with Gasteiger partial charge in [0, 0.05) is 18.2 Å². The van der Waals surface area contributed by atoms with Gasteiger partial charge >= 0.3 is 0 Å². The van der Waals surface area contributed by atoms with Gasteiger partial charge in [-0.2, -0.15) is 5.10 Å². The van der Waals surface area contributed by atoms with Gasteiger partial charge < -0.3 is 5.32 Å². The predicted molar refractivity (Wildman–Crippen MR) is 64.5 cm³/mol. The number of amides is 1. The Morgan fingerprint density at radius 3 is 3.19 bits per heavy atom. The molecule has 1 aliphatic heterocycles. The van der Waals surface area contributed by atoms with Crippen molar-refractivity contribution in [2.45, 2.75) is 12.6 Å². The van der Waals surface area contributed by atoms with Gasteiger partial charge in [-0.25, -0.2) is 4.98 Å². The van der Waals surface area contributed by atoms with Crippen molar-refractivity contribution in [1.29, 1.82) is 0 Å². The Kier molecular flexibility index (Phi) is 5.58. The van der Waals surface area contributed by atoms with Crippen molar-refractivity contribution in [2.24, 2.45) is 0 Å². The van der Waals surface area contributed by atoms with Gasteiger partial charge in [-0.05, 0) is 0 Å². The molecule has 0 radical (unpaired) electrons. The van der Waals surface area contributed by atoms with E-state index in [-0.39, 0.29) is 24.4 Å². The Labute approximate surface area is 104 Å². The van der Waals surface area contributed by atoms with E-state index in [1.807, 2.05) is 0 Å². The molecule has 2 heterocycles. The van der Waals surface area contributed by atoms with Gasteiger partial charge in [0.2, 0.25) is 5.91 Å². The summed E-state index contributed by atoms with van der Waals surface area (Å²) in [5, 5.41) is 9.92. The molecule has 90 valence electrons. The lowest BCUT2D eigenvalue weighted by Crippen LogP contribution is -2.43. The summed E-state index contributed by atoms with van der Waals surface area (Å²) in [6, 6.07) is -0.0363. The third kappa shape index (κ3) is 3.66. The Hall–Kier alpha value is -0.790. The minimum atomic E-state index is -0.0363. The molecule has 0 spiro atoms. The first-order valence-electron chi connectivity index (χ1n) is 4.77. The van der Waals surface area contributed by atoms with Gasteiger partial charge in [-0.3, -0.25) is 14.8 Å². The molecule has 1 saturated heterocycles. The average molecular weight is 264 g/mol. The number of thioether (sulfide) groups is 1. The zero-order valence-corrected chi connectivity index (χ0v) is 10.3. The van der Waals surface area contributed by atoms with Crippen molar-refractivity contribution < 1.29 is 4.79 Å². The highest BCUT2D eigenvalue weighted by molar-refractivity contribution is 7.99. The van der Waals surface area contributed by atoms with E-state index in [0.29, 0.717) is 13.1 Å². The molecule has 1 aromatic heterocycles. The maximum absolute atomic E-state index is 11.5. The first-order chi connectivity index (χ1) is 7.36. The smallest absolute Gasteiger partial charge is 0.238 e. The van der Waals surface area contributed by atoms with Crippen LogP contribution in [0.4, 0.5) is 0 Å². The molecule has 1 aromatic rings. The van der Waals surface area contributed by atoms with E-state index in [1.54, 1.807) is 22.8 Å². The average Bonchev–Trinajstić information content (AvgIpc) is 2.90. The van der Waals surface area contributed by atoms with Crippen molar-refractivity contribution in [3.63, 3.8) is 0 Å². The number of hydrogen-bond acceptors (Lipinski definition) is 5. The lowest BCUT2D eigenvalue weighted by Gasteiger charge is -2.09. The van der Waals surface area contributed by atoms with Crippen LogP contribution in [-0.4, -0.2) is 44.9 Å². The minimum absolute atomic E-state index is 0. The molecule has 0 aromatic carbocycles. The minimum Gasteiger partial charge on any atom is -0.353 e. The first kappa shape index (κ1) is 13.3. The Bertz CT molecular complexity index is 314. The SMILES string of the molecule is Cl.O=C(NCCn1cncn1)C1CSCN1. The van der Waals surface area contributed by atoms with Crippen molar-refractivity contribution >= 4 is 30.1 Å². The van der Waals surface area contributed by atoms with Crippen molar-refractivity contribution in [3.05, 3.63) is 12.7 Å². The van der Waals surface area contributed by atoms with Crippen LogP contribution in [0.5, 0.6) is 0 Å². The summed E-state index contributed by atoms with van der Waals surface area (Å²) in [5.74, 6) is 1.79. The Morgan fingerprint density at radius 1 is 1.69 bits per heavy atom. The normalized spacial score (nSPS) is 19.1. The van der Waals surface area contributed by atoms with Gasteiger partial charge in [-0.1, -0.05) is 0 Å². The van der Waals surface area contributed by atoms with Crippen LogP contribution in [0.1, 0.15) is 0 Å². The summed E-state index contributed by atoms with van der Waals surface area (Å²) in [6.07, 6.45) is 3.12. The standard InChI is InChI=1S/C8H13N5OS.ClH/c14-8(7-3-15-6-11-7)10-1-2-13-5-9-4-12-13;/h4-5,7,11H,1-3,6H2,(H,10,14);1H. The molecule has 0 aliphatic carbocycles. The highest BCUT2D eigenvalue weighted by atomic mass is 35.5. The third-order valence-corrected chi connectivity index (χ3v) is 3.08. The number of carbonyl (C=O) groups excluding carboxylic acids is 1. The second kappa shape index (κ2) is 6.72. The second-order valence-corrected chi connectivity index (χ2v) is 4.25. The maximum Gasteiger partial charge on any atom is 0.238 e. The van der Waals surface area contributed by atoms with Crippen LogP contribution in [0.25, 0.3) is 0 Å². The summed E-state index contributed by atoms with van der Waals surface area (Å²) in [7, 11) is 0. The second-order valence-electron chi connectivity index (χ2n) is 3.22. The van der Waals surface area contributed by atoms with E-state index < -0.39 is 0 Å². The molecule has 1 aliphatic rings. The predicted octanol–water partition coefficient (Wildman–Crippen LogP) is -0.521. The Balaban J connectivity index is 0.00000128. The number of nitrogens with one attached hydrogen (secondary N) is 2. The number of hydrogen-bond donors (Lipinski definition) is 2. The fourth-order valence-electron chi connectivity index (χ4n) is 1.33. The van der Waals surface area contributed by atoms with E-state index >= 15 is 0 Å². The van der Waals surface area contributed by atoms with Crippen LogP contribution in [0.15, 0.2) is 12.7 Å². The van der Waals surface area contributed by atoms with Gasteiger partial charge in [0.15, 0.2) is 0 Å². The topological polar surface area (TPSA) is 71.8 Å². The molecule has 2 N–H and O–H groups in total. The zero-order chi connectivity index (χ0) is 10.5. The van der Waals surface area contributed by atoms with Crippen LogP contribution in [0, 0.1) is 0 Å². The van der Waals surface area contributed by atoms with Crippen molar-refractivity contribution in [3.8, 4) is 0 Å². The highest BCUT2D eigenvalue weighted by Gasteiger charge is 2.21. The number of nitrogens with zero attached hydrogens (tertiary/aromatic N) is 3. The van der Waals surface area contributed by atoms with E-state index in [4.69, 9.17) is 0 Å². The number of aromatic nitrogens is 3. The molecule has 0 saturated carbocycles. The van der Waals surface area contributed by atoms with Gasteiger partial charge in [0.05, 0.1) is 12.6 Å². The summed E-state index contributed by atoms with van der Waals surface area (Å²) in [5.41, 5.74) is 0. The summed E-state index contributed by atoms with van der Waals surface area (Å²) < 4.78 is 1.69. The fourth-order valence-corrected chi connectivity index (χ4v) is 2.27. The molecule has 16 heavy (non-hydrogen) atoms. The van der Waals surface area contributed by atoms with Crippen LogP contribution in [0.2, 0.25) is 0 Å². The zero-order valence-electron chi connectivity index (χ0n) is 8.63. The first-order valence-corrected chi connectivity index (χ1v) is 5.93. The lowest BCUT2D eigenvalue weighted by atomic mass is 10.3. The lowest BCUT2D eigenvalue weighted by molar-refractivity contribution is -0.122. The molecule has 8 heteroatoms. The highest BCUT2D eigenvalue weighted by Crippen LogP contribution is 2.08. The van der Waals surface area contributed by atoms with E-state index in [0.717, 1.165) is 11.6 Å². The summed E-state index contributed by atoms with van der Waals surface area (Å²) in [4.78, 5) is 15.4. The number of halogens is 1. The third-order valence-electron chi connectivity index (χ3n) is 2.14. The number of carbonyl (C=O) groups is 1. The van der Waals surface area contributed by atoms with Crippen molar-refractivity contribution in [1.82, 2.24) is 25.4 Å². The molecule has 2 rings (SSSR count). The largest absolute Gasteiger partial charge is 0.353 e. The summed E-state index contributed by atoms with van der Waals surface area (Å²) in [6.45, 7) is 1.25. The number of rotatable bonds is 4. The maximum atomic E-state index is 11.5. The van der Waals surface area contributed by atoms with Gasteiger partial charge in [0.1, 0.15) is 12.7 Å². The summed E-state index contributed by atoms with van der Waals surface area (Å²) >= 11 is 1.74. The van der Waals surface area contributed by atoms with Crippen LogP contribution < -0.4 is 10.6 Å². The van der Waals surface area contributed by atoms with Crippen LogP contribution in [-0.2, 0) is 11.3 Å². The molecule has 6 nitrogen and oxygen atoms in total. The molecule has 0 bridgehead atoms. The van der Waals surface area contributed by atoms with Crippen LogP contribution >= 0.6 is 24.2 Å². The molecule has 1 fully saturated rings. The van der Waals surface area contributed by atoms with E-state index in [1.165, 1.54) is 6.33 Å².